The van der Waals surface area contributed by atoms with Crippen LogP contribution in [0.1, 0.15) is 13.3 Å². The van der Waals surface area contributed by atoms with Gasteiger partial charge in [0.2, 0.25) is 5.91 Å². The molecule has 0 aliphatic carbocycles. The van der Waals surface area contributed by atoms with Crippen LogP contribution in [0.3, 0.4) is 0 Å². The fourth-order valence-corrected chi connectivity index (χ4v) is 1.91. The normalized spacial score (nSPS) is 10.0. The summed E-state index contributed by atoms with van der Waals surface area (Å²) in [5.41, 5.74) is 5.40. The molecule has 1 rings (SSSR count). The lowest BCUT2D eigenvalue weighted by atomic mass is 10.3. The summed E-state index contributed by atoms with van der Waals surface area (Å²) in [6, 6.07) is 3.79. The maximum Gasteiger partial charge on any atom is 0.321 e. The topological polar surface area (TPSA) is 84.2 Å². The van der Waals surface area contributed by atoms with Crippen molar-refractivity contribution in [2.45, 2.75) is 18.2 Å². The Morgan fingerprint density at radius 2 is 2.16 bits per heavy atom. The average molecular weight is 285 g/mol. The number of carbonyl (C=O) groups excluding carboxylic acids is 2. The van der Waals surface area contributed by atoms with E-state index in [-0.39, 0.29) is 11.4 Å². The SMILES string of the molecule is CCCNC(=O)NC(=O)CSc1ccc(N)c(F)c1. The van der Waals surface area contributed by atoms with Crippen LogP contribution in [0.4, 0.5) is 14.9 Å². The summed E-state index contributed by atoms with van der Waals surface area (Å²) in [6.07, 6.45) is 0.793. The lowest BCUT2D eigenvalue weighted by molar-refractivity contribution is -0.117. The molecular formula is C12H16FN3O2S. The molecule has 0 heterocycles. The number of halogens is 1. The number of thioether (sulfide) groups is 1. The molecule has 1 aromatic carbocycles. The van der Waals surface area contributed by atoms with Crippen LogP contribution in [-0.4, -0.2) is 24.2 Å². The summed E-state index contributed by atoms with van der Waals surface area (Å²) in [7, 11) is 0. The number of imide groups is 1. The number of nitrogen functional groups attached to an aromatic ring is 1. The molecule has 4 N–H and O–H groups in total. The Kier molecular flexibility index (Phi) is 6.14. The molecule has 19 heavy (non-hydrogen) atoms. The molecule has 104 valence electrons. The highest BCUT2D eigenvalue weighted by Crippen LogP contribution is 2.21. The van der Waals surface area contributed by atoms with Crippen LogP contribution >= 0.6 is 11.8 Å². The summed E-state index contributed by atoms with van der Waals surface area (Å²) < 4.78 is 13.2. The first-order valence-electron chi connectivity index (χ1n) is 5.78. The highest BCUT2D eigenvalue weighted by molar-refractivity contribution is 8.00. The number of hydrogen-bond donors (Lipinski definition) is 3. The first-order chi connectivity index (χ1) is 9.02. The third-order valence-electron chi connectivity index (χ3n) is 2.13. The Morgan fingerprint density at radius 1 is 1.42 bits per heavy atom. The van der Waals surface area contributed by atoms with Crippen molar-refractivity contribution in [3.8, 4) is 0 Å². The summed E-state index contributed by atoms with van der Waals surface area (Å²) >= 11 is 1.13. The number of nitrogens with two attached hydrogens (primary N) is 1. The maximum absolute atomic E-state index is 13.2. The zero-order chi connectivity index (χ0) is 14.3. The van der Waals surface area contributed by atoms with Crippen molar-refractivity contribution in [2.75, 3.05) is 18.0 Å². The van der Waals surface area contributed by atoms with E-state index in [4.69, 9.17) is 5.73 Å². The van der Waals surface area contributed by atoms with Gasteiger partial charge in [-0.1, -0.05) is 6.92 Å². The Balaban J connectivity index is 2.37. The number of nitrogens with one attached hydrogen (secondary N) is 2. The van der Waals surface area contributed by atoms with Crippen molar-refractivity contribution in [3.05, 3.63) is 24.0 Å². The minimum absolute atomic E-state index is 0.0307. The second kappa shape index (κ2) is 7.63. The molecule has 5 nitrogen and oxygen atoms in total. The number of rotatable bonds is 5. The van der Waals surface area contributed by atoms with Gasteiger partial charge in [0.15, 0.2) is 0 Å². The third-order valence-corrected chi connectivity index (χ3v) is 3.12. The molecule has 0 fully saturated rings. The van der Waals surface area contributed by atoms with Gasteiger partial charge in [0.25, 0.3) is 0 Å². The second-order valence-electron chi connectivity index (χ2n) is 3.78. The number of carbonyl (C=O) groups is 2. The molecule has 0 spiro atoms. The standard InChI is InChI=1S/C12H16FN3O2S/c1-2-5-15-12(18)16-11(17)7-19-8-3-4-10(14)9(13)6-8/h3-4,6H,2,5,7,14H2,1H3,(H2,15,16,17,18). The Bertz CT molecular complexity index is 468. The average Bonchev–Trinajstić information content (AvgIpc) is 2.38. The third kappa shape index (κ3) is 5.60. The maximum atomic E-state index is 13.2. The second-order valence-corrected chi connectivity index (χ2v) is 4.82. The van der Waals surface area contributed by atoms with E-state index in [1.165, 1.54) is 12.1 Å². The zero-order valence-electron chi connectivity index (χ0n) is 10.5. The number of hydrogen-bond acceptors (Lipinski definition) is 4. The van der Waals surface area contributed by atoms with Gasteiger partial charge >= 0.3 is 6.03 Å². The number of benzene rings is 1. The first-order valence-corrected chi connectivity index (χ1v) is 6.77. The summed E-state index contributed by atoms with van der Waals surface area (Å²) in [4.78, 5) is 23.2. The van der Waals surface area contributed by atoms with E-state index in [2.05, 4.69) is 10.6 Å². The monoisotopic (exact) mass is 285 g/mol. The van der Waals surface area contributed by atoms with E-state index < -0.39 is 17.8 Å². The van der Waals surface area contributed by atoms with Gasteiger partial charge in [-0.05, 0) is 24.6 Å². The van der Waals surface area contributed by atoms with Crippen molar-refractivity contribution >= 4 is 29.4 Å². The number of urea groups is 1. The van der Waals surface area contributed by atoms with E-state index >= 15 is 0 Å². The number of anilines is 1. The molecule has 0 saturated heterocycles. The first kappa shape index (κ1) is 15.3. The van der Waals surface area contributed by atoms with Gasteiger partial charge in [-0.25, -0.2) is 9.18 Å². The predicted molar refractivity (Wildman–Crippen MR) is 73.4 cm³/mol. The highest BCUT2D eigenvalue weighted by Gasteiger charge is 2.08. The predicted octanol–water partition coefficient (Wildman–Crippen LogP) is 1.74. The quantitative estimate of drug-likeness (QED) is 0.568. The van der Waals surface area contributed by atoms with E-state index in [0.29, 0.717) is 11.4 Å². The van der Waals surface area contributed by atoms with Crippen LogP contribution in [0.5, 0.6) is 0 Å². The Hall–Kier alpha value is -1.76. The zero-order valence-corrected chi connectivity index (χ0v) is 11.3. The molecule has 0 aliphatic rings. The summed E-state index contributed by atoms with van der Waals surface area (Å²) in [5.74, 6) is -0.926. The van der Waals surface area contributed by atoms with Crippen LogP contribution in [0.15, 0.2) is 23.1 Å². The Labute approximate surface area is 115 Å². The van der Waals surface area contributed by atoms with Crippen molar-refractivity contribution in [1.29, 1.82) is 0 Å². The van der Waals surface area contributed by atoms with Gasteiger partial charge in [-0.15, -0.1) is 11.8 Å². The molecule has 0 radical (unpaired) electrons. The molecule has 1 aromatic rings. The number of amides is 3. The summed E-state index contributed by atoms with van der Waals surface area (Å²) in [5, 5.41) is 4.70. The van der Waals surface area contributed by atoms with Crippen LogP contribution in [0.25, 0.3) is 0 Å². The van der Waals surface area contributed by atoms with Gasteiger partial charge in [0.05, 0.1) is 11.4 Å². The van der Waals surface area contributed by atoms with E-state index in [0.717, 1.165) is 18.2 Å². The molecule has 7 heteroatoms. The van der Waals surface area contributed by atoms with E-state index in [9.17, 15) is 14.0 Å². The molecule has 0 atom stereocenters. The molecule has 0 unspecified atom stereocenters. The van der Waals surface area contributed by atoms with Crippen LogP contribution in [0.2, 0.25) is 0 Å². The lowest BCUT2D eigenvalue weighted by Crippen LogP contribution is -2.40. The van der Waals surface area contributed by atoms with E-state index in [1.807, 2.05) is 6.92 Å². The summed E-state index contributed by atoms with van der Waals surface area (Å²) in [6.45, 7) is 2.42. The van der Waals surface area contributed by atoms with Crippen LogP contribution in [-0.2, 0) is 4.79 Å². The van der Waals surface area contributed by atoms with Gasteiger partial charge in [-0.2, -0.15) is 0 Å². The lowest BCUT2D eigenvalue weighted by Gasteiger charge is -2.06. The molecule has 0 bridgehead atoms. The molecule has 0 saturated carbocycles. The molecule has 3 amide bonds. The van der Waals surface area contributed by atoms with Crippen molar-refractivity contribution in [3.63, 3.8) is 0 Å². The largest absolute Gasteiger partial charge is 0.396 e. The van der Waals surface area contributed by atoms with E-state index in [1.54, 1.807) is 6.07 Å². The fraction of sp³-hybridized carbons (Fsp3) is 0.333. The van der Waals surface area contributed by atoms with Crippen molar-refractivity contribution < 1.29 is 14.0 Å². The minimum Gasteiger partial charge on any atom is -0.396 e. The highest BCUT2D eigenvalue weighted by atomic mass is 32.2. The van der Waals surface area contributed by atoms with Crippen LogP contribution in [0, 0.1) is 5.82 Å². The van der Waals surface area contributed by atoms with Crippen molar-refractivity contribution in [2.24, 2.45) is 0 Å². The van der Waals surface area contributed by atoms with Crippen LogP contribution < -0.4 is 16.4 Å². The van der Waals surface area contributed by atoms with Crippen molar-refractivity contribution in [1.82, 2.24) is 10.6 Å². The van der Waals surface area contributed by atoms with Gasteiger partial charge in [0.1, 0.15) is 5.82 Å². The minimum atomic E-state index is -0.522. The van der Waals surface area contributed by atoms with Gasteiger partial charge in [-0.3, -0.25) is 10.1 Å². The fourth-order valence-electron chi connectivity index (χ4n) is 1.19. The molecule has 0 aliphatic heterocycles. The van der Waals surface area contributed by atoms with Gasteiger partial charge in [0, 0.05) is 11.4 Å². The molecule has 0 aromatic heterocycles. The smallest absolute Gasteiger partial charge is 0.321 e. The Morgan fingerprint density at radius 3 is 2.79 bits per heavy atom. The molecular weight excluding hydrogens is 269 g/mol. The van der Waals surface area contributed by atoms with Gasteiger partial charge < -0.3 is 11.1 Å².